The smallest absolute Gasteiger partial charge is 0.251 e. The van der Waals surface area contributed by atoms with E-state index in [0.717, 1.165) is 18.2 Å². The van der Waals surface area contributed by atoms with Gasteiger partial charge in [0.15, 0.2) is 0 Å². The minimum Gasteiger partial charge on any atom is -0.346 e. The Morgan fingerprint density at radius 3 is 2.47 bits per heavy atom. The standard InChI is InChI=1S/C11H11BrFNO/c12-7-11(5-6-11)14-10(15)8-1-3-9(13)4-2-8/h1-4H,5-7H2,(H,14,15). The van der Waals surface area contributed by atoms with Gasteiger partial charge in [0.25, 0.3) is 5.91 Å². The van der Waals surface area contributed by atoms with Crippen LogP contribution in [-0.2, 0) is 0 Å². The minimum atomic E-state index is -0.326. The van der Waals surface area contributed by atoms with Crippen molar-refractivity contribution >= 4 is 21.8 Å². The fourth-order valence-electron chi connectivity index (χ4n) is 1.36. The molecule has 1 aliphatic rings. The predicted octanol–water partition coefficient (Wildman–Crippen LogP) is 2.48. The zero-order valence-electron chi connectivity index (χ0n) is 8.09. The molecule has 4 heteroatoms. The van der Waals surface area contributed by atoms with E-state index < -0.39 is 0 Å². The van der Waals surface area contributed by atoms with Crippen molar-refractivity contribution in [3.05, 3.63) is 35.6 Å². The van der Waals surface area contributed by atoms with Gasteiger partial charge in [-0.2, -0.15) is 0 Å². The fraction of sp³-hybridized carbons (Fsp3) is 0.364. The second-order valence-electron chi connectivity index (χ2n) is 3.87. The van der Waals surface area contributed by atoms with E-state index in [1.54, 1.807) is 0 Å². The van der Waals surface area contributed by atoms with Crippen molar-refractivity contribution in [1.29, 1.82) is 0 Å². The van der Waals surface area contributed by atoms with Gasteiger partial charge in [0.1, 0.15) is 5.82 Å². The molecule has 1 aromatic rings. The summed E-state index contributed by atoms with van der Waals surface area (Å²) < 4.78 is 12.6. The summed E-state index contributed by atoms with van der Waals surface area (Å²) in [5.41, 5.74) is 0.439. The first kappa shape index (κ1) is 10.6. The van der Waals surface area contributed by atoms with Crippen LogP contribution in [0, 0.1) is 5.82 Å². The third kappa shape index (κ3) is 2.37. The SMILES string of the molecule is O=C(NC1(CBr)CC1)c1ccc(F)cc1. The van der Waals surface area contributed by atoms with E-state index in [1.807, 2.05) is 0 Å². The molecule has 0 heterocycles. The van der Waals surface area contributed by atoms with E-state index in [9.17, 15) is 9.18 Å². The minimum absolute atomic E-state index is 0.0640. The van der Waals surface area contributed by atoms with Crippen LogP contribution in [0.25, 0.3) is 0 Å². The third-order valence-electron chi connectivity index (χ3n) is 2.59. The van der Waals surface area contributed by atoms with Crippen molar-refractivity contribution in [1.82, 2.24) is 5.32 Å². The Balaban J connectivity index is 2.05. The number of hydrogen-bond donors (Lipinski definition) is 1. The first-order chi connectivity index (χ1) is 7.15. The van der Waals surface area contributed by atoms with Gasteiger partial charge >= 0.3 is 0 Å². The molecule has 0 aromatic heterocycles. The number of hydrogen-bond acceptors (Lipinski definition) is 1. The molecule has 0 saturated heterocycles. The molecule has 1 fully saturated rings. The average Bonchev–Trinajstić information content (AvgIpc) is 2.99. The summed E-state index contributed by atoms with van der Waals surface area (Å²) in [4.78, 5) is 11.7. The molecular weight excluding hydrogens is 261 g/mol. The second kappa shape index (κ2) is 3.93. The number of rotatable bonds is 3. The number of halogens is 2. The van der Waals surface area contributed by atoms with Gasteiger partial charge in [0.05, 0.1) is 5.54 Å². The molecule has 1 N–H and O–H groups in total. The van der Waals surface area contributed by atoms with Gasteiger partial charge in [0, 0.05) is 10.9 Å². The predicted molar refractivity (Wildman–Crippen MR) is 59.6 cm³/mol. The van der Waals surface area contributed by atoms with Crippen LogP contribution in [0.5, 0.6) is 0 Å². The van der Waals surface area contributed by atoms with Crippen LogP contribution in [0.3, 0.4) is 0 Å². The summed E-state index contributed by atoms with van der Waals surface area (Å²) in [7, 11) is 0. The highest BCUT2D eigenvalue weighted by Crippen LogP contribution is 2.37. The normalized spacial score (nSPS) is 17.2. The van der Waals surface area contributed by atoms with Gasteiger partial charge in [-0.3, -0.25) is 4.79 Å². The molecule has 0 spiro atoms. The molecular formula is C11H11BrFNO. The lowest BCUT2D eigenvalue weighted by Crippen LogP contribution is -2.38. The van der Waals surface area contributed by atoms with Gasteiger partial charge in [-0.1, -0.05) is 15.9 Å². The first-order valence-corrected chi connectivity index (χ1v) is 5.91. The molecule has 0 aliphatic heterocycles. The van der Waals surface area contributed by atoms with Crippen LogP contribution in [0.15, 0.2) is 24.3 Å². The molecule has 0 unspecified atom stereocenters. The van der Waals surface area contributed by atoms with Crippen molar-refractivity contribution in [2.45, 2.75) is 18.4 Å². The van der Waals surface area contributed by atoms with Crippen LogP contribution in [0.1, 0.15) is 23.2 Å². The van der Waals surface area contributed by atoms with Gasteiger partial charge in [-0.15, -0.1) is 0 Å². The number of carbonyl (C=O) groups excluding carboxylic acids is 1. The van der Waals surface area contributed by atoms with E-state index in [4.69, 9.17) is 0 Å². The molecule has 15 heavy (non-hydrogen) atoms. The Labute approximate surface area is 96.0 Å². The fourth-order valence-corrected chi connectivity index (χ4v) is 2.06. The largest absolute Gasteiger partial charge is 0.346 e. The number of carbonyl (C=O) groups is 1. The Morgan fingerprint density at radius 2 is 2.00 bits per heavy atom. The van der Waals surface area contributed by atoms with Crippen molar-refractivity contribution in [3.63, 3.8) is 0 Å². The number of nitrogens with one attached hydrogen (secondary N) is 1. The zero-order valence-corrected chi connectivity index (χ0v) is 9.68. The molecule has 2 rings (SSSR count). The summed E-state index contributed by atoms with van der Waals surface area (Å²) in [5.74, 6) is -0.458. The van der Waals surface area contributed by atoms with E-state index >= 15 is 0 Å². The summed E-state index contributed by atoms with van der Waals surface area (Å²) in [5, 5.41) is 3.72. The van der Waals surface area contributed by atoms with E-state index in [0.29, 0.717) is 5.56 Å². The lowest BCUT2D eigenvalue weighted by Gasteiger charge is -2.13. The Hall–Kier alpha value is -0.900. The number of amides is 1. The average molecular weight is 272 g/mol. The topological polar surface area (TPSA) is 29.1 Å². The first-order valence-electron chi connectivity index (χ1n) is 4.79. The van der Waals surface area contributed by atoms with Crippen molar-refractivity contribution in [2.75, 3.05) is 5.33 Å². The van der Waals surface area contributed by atoms with Gasteiger partial charge in [-0.05, 0) is 37.1 Å². The molecule has 2 nitrogen and oxygen atoms in total. The number of benzene rings is 1. The molecule has 1 amide bonds. The molecule has 0 bridgehead atoms. The van der Waals surface area contributed by atoms with Crippen molar-refractivity contribution in [3.8, 4) is 0 Å². The highest BCUT2D eigenvalue weighted by molar-refractivity contribution is 9.09. The van der Waals surface area contributed by atoms with Crippen LogP contribution in [-0.4, -0.2) is 16.8 Å². The summed E-state index contributed by atoms with van der Waals surface area (Å²) in [6.07, 6.45) is 2.01. The molecule has 1 aliphatic carbocycles. The maximum Gasteiger partial charge on any atom is 0.251 e. The highest BCUT2D eigenvalue weighted by atomic mass is 79.9. The maximum absolute atomic E-state index is 12.6. The van der Waals surface area contributed by atoms with Gasteiger partial charge < -0.3 is 5.32 Å². The van der Waals surface area contributed by atoms with Crippen LogP contribution >= 0.6 is 15.9 Å². The van der Waals surface area contributed by atoms with Crippen LogP contribution in [0.2, 0.25) is 0 Å². The van der Waals surface area contributed by atoms with Crippen LogP contribution < -0.4 is 5.32 Å². The lowest BCUT2D eigenvalue weighted by atomic mass is 10.2. The quantitative estimate of drug-likeness (QED) is 0.841. The molecule has 1 aromatic carbocycles. The third-order valence-corrected chi connectivity index (χ3v) is 3.67. The molecule has 0 atom stereocenters. The Kier molecular flexibility index (Phi) is 2.78. The molecule has 0 radical (unpaired) electrons. The van der Waals surface area contributed by atoms with Crippen molar-refractivity contribution in [2.24, 2.45) is 0 Å². The van der Waals surface area contributed by atoms with E-state index in [1.165, 1.54) is 24.3 Å². The van der Waals surface area contributed by atoms with Gasteiger partial charge in [-0.25, -0.2) is 4.39 Å². The summed E-state index contributed by atoms with van der Waals surface area (Å²) >= 11 is 3.37. The maximum atomic E-state index is 12.6. The summed E-state index contributed by atoms with van der Waals surface area (Å²) in [6, 6.07) is 5.58. The molecule has 80 valence electrons. The zero-order chi connectivity index (χ0) is 10.9. The van der Waals surface area contributed by atoms with Gasteiger partial charge in [0.2, 0.25) is 0 Å². The Morgan fingerprint density at radius 1 is 1.40 bits per heavy atom. The highest BCUT2D eigenvalue weighted by Gasteiger charge is 2.42. The lowest BCUT2D eigenvalue weighted by molar-refractivity contribution is 0.0936. The molecule has 1 saturated carbocycles. The monoisotopic (exact) mass is 271 g/mol. The van der Waals surface area contributed by atoms with E-state index in [2.05, 4.69) is 21.2 Å². The second-order valence-corrected chi connectivity index (χ2v) is 4.44. The Bertz CT molecular complexity index is 373. The summed E-state index contributed by atoms with van der Waals surface area (Å²) in [6.45, 7) is 0. The van der Waals surface area contributed by atoms with Crippen molar-refractivity contribution < 1.29 is 9.18 Å². The van der Waals surface area contributed by atoms with E-state index in [-0.39, 0.29) is 17.3 Å². The van der Waals surface area contributed by atoms with Crippen LogP contribution in [0.4, 0.5) is 4.39 Å². The number of alkyl halides is 1.